The molecule has 5 nitrogen and oxygen atoms in total. The molecule has 140 valence electrons. The molecular formula is C20H26N2O3S. The standard InChI is InChI=1S/C20H26N2O3S/c1-14-8-11-19(26-14)16-7-5-4-6-12-22(16)20(23)21-15-9-10-17(24-2)18(13-15)25-3/h8-11,13,16H,4-7,12H2,1-3H3,(H,21,23). The molecule has 1 N–H and O–H groups in total. The molecule has 0 bridgehead atoms. The van der Waals surface area contributed by atoms with Gasteiger partial charge in [-0.1, -0.05) is 12.8 Å². The van der Waals surface area contributed by atoms with E-state index in [4.69, 9.17) is 9.47 Å². The third-order valence-corrected chi connectivity index (χ3v) is 5.84. The molecule has 2 amide bonds. The lowest BCUT2D eigenvalue weighted by atomic mass is 10.1. The molecule has 0 spiro atoms. The minimum atomic E-state index is -0.0600. The molecule has 1 aromatic carbocycles. The van der Waals surface area contributed by atoms with Crippen molar-refractivity contribution in [2.75, 3.05) is 26.1 Å². The average Bonchev–Trinajstić information content (AvgIpc) is 2.93. The van der Waals surface area contributed by atoms with Crippen LogP contribution in [0.25, 0.3) is 0 Å². The fraction of sp³-hybridized carbons (Fsp3) is 0.450. The number of benzene rings is 1. The Balaban J connectivity index is 1.79. The number of aryl methyl sites for hydroxylation is 1. The van der Waals surface area contributed by atoms with Gasteiger partial charge in [-0.05, 0) is 44.0 Å². The summed E-state index contributed by atoms with van der Waals surface area (Å²) in [4.78, 5) is 17.5. The molecule has 1 atom stereocenters. The number of hydrogen-bond acceptors (Lipinski definition) is 4. The summed E-state index contributed by atoms with van der Waals surface area (Å²) in [6, 6.07) is 9.81. The largest absolute Gasteiger partial charge is 0.493 e. The van der Waals surface area contributed by atoms with Crippen LogP contribution in [0, 0.1) is 6.92 Å². The van der Waals surface area contributed by atoms with E-state index in [1.807, 2.05) is 11.0 Å². The van der Waals surface area contributed by atoms with Crippen LogP contribution in [0.4, 0.5) is 10.5 Å². The number of amides is 2. The lowest BCUT2D eigenvalue weighted by Gasteiger charge is -2.29. The monoisotopic (exact) mass is 374 g/mol. The summed E-state index contributed by atoms with van der Waals surface area (Å²) in [7, 11) is 3.19. The van der Waals surface area contributed by atoms with Gasteiger partial charge in [0.2, 0.25) is 0 Å². The first-order chi connectivity index (χ1) is 12.6. The number of carbonyl (C=O) groups excluding carboxylic acids is 1. The third kappa shape index (κ3) is 4.12. The van der Waals surface area contributed by atoms with Gasteiger partial charge in [-0.15, -0.1) is 11.3 Å². The molecule has 1 fully saturated rings. The zero-order valence-electron chi connectivity index (χ0n) is 15.6. The van der Waals surface area contributed by atoms with Crippen molar-refractivity contribution in [3.8, 4) is 11.5 Å². The van der Waals surface area contributed by atoms with Gasteiger partial charge in [0.15, 0.2) is 11.5 Å². The number of thiophene rings is 1. The lowest BCUT2D eigenvalue weighted by molar-refractivity contribution is 0.190. The third-order valence-electron chi connectivity index (χ3n) is 4.74. The van der Waals surface area contributed by atoms with Crippen LogP contribution in [-0.2, 0) is 0 Å². The van der Waals surface area contributed by atoms with E-state index in [-0.39, 0.29) is 12.1 Å². The number of likely N-dealkylation sites (tertiary alicyclic amines) is 1. The molecule has 2 heterocycles. The molecular weight excluding hydrogens is 348 g/mol. The number of nitrogens with zero attached hydrogens (tertiary/aromatic N) is 1. The van der Waals surface area contributed by atoms with E-state index in [1.54, 1.807) is 37.7 Å². The van der Waals surface area contributed by atoms with Gasteiger partial charge in [0.25, 0.3) is 0 Å². The van der Waals surface area contributed by atoms with E-state index in [0.717, 1.165) is 25.8 Å². The topological polar surface area (TPSA) is 50.8 Å². The number of methoxy groups -OCH3 is 2. The first-order valence-electron chi connectivity index (χ1n) is 8.98. The smallest absolute Gasteiger partial charge is 0.322 e. The number of nitrogens with one attached hydrogen (secondary N) is 1. The van der Waals surface area contributed by atoms with Crippen molar-refractivity contribution < 1.29 is 14.3 Å². The molecule has 1 aromatic heterocycles. The van der Waals surface area contributed by atoms with Crippen LogP contribution >= 0.6 is 11.3 Å². The number of carbonyl (C=O) groups is 1. The predicted molar refractivity (Wildman–Crippen MR) is 106 cm³/mol. The number of rotatable bonds is 4. The van der Waals surface area contributed by atoms with E-state index >= 15 is 0 Å². The summed E-state index contributed by atoms with van der Waals surface area (Å²) < 4.78 is 10.6. The van der Waals surface area contributed by atoms with Crippen molar-refractivity contribution in [1.29, 1.82) is 0 Å². The minimum Gasteiger partial charge on any atom is -0.493 e. The second-order valence-electron chi connectivity index (χ2n) is 6.51. The Bertz CT molecular complexity index is 759. The van der Waals surface area contributed by atoms with E-state index in [2.05, 4.69) is 24.4 Å². The molecule has 2 aromatic rings. The highest BCUT2D eigenvalue weighted by Crippen LogP contribution is 2.35. The summed E-state index contributed by atoms with van der Waals surface area (Å²) in [5, 5.41) is 3.03. The van der Waals surface area contributed by atoms with Crippen LogP contribution in [0.2, 0.25) is 0 Å². The van der Waals surface area contributed by atoms with Crippen LogP contribution in [-0.4, -0.2) is 31.7 Å². The van der Waals surface area contributed by atoms with Crippen LogP contribution in [0.3, 0.4) is 0 Å². The number of anilines is 1. The maximum atomic E-state index is 13.0. The first-order valence-corrected chi connectivity index (χ1v) is 9.80. The van der Waals surface area contributed by atoms with E-state index in [0.29, 0.717) is 17.2 Å². The lowest BCUT2D eigenvalue weighted by Crippen LogP contribution is -2.37. The molecule has 1 saturated heterocycles. The van der Waals surface area contributed by atoms with E-state index in [1.165, 1.54) is 16.2 Å². The van der Waals surface area contributed by atoms with Crippen molar-refractivity contribution in [3.05, 3.63) is 40.1 Å². The summed E-state index contributed by atoms with van der Waals surface area (Å²) in [6.45, 7) is 2.89. The quantitative estimate of drug-likeness (QED) is 0.798. The molecule has 1 unspecified atom stereocenters. The van der Waals surface area contributed by atoms with Gasteiger partial charge in [0.1, 0.15) is 0 Å². The highest BCUT2D eigenvalue weighted by atomic mass is 32.1. The van der Waals surface area contributed by atoms with Crippen LogP contribution in [0.15, 0.2) is 30.3 Å². The van der Waals surface area contributed by atoms with Gasteiger partial charge < -0.3 is 19.7 Å². The second kappa shape index (κ2) is 8.45. The van der Waals surface area contributed by atoms with Gasteiger partial charge in [-0.25, -0.2) is 4.79 Å². The molecule has 1 aliphatic heterocycles. The predicted octanol–water partition coefficient (Wildman–Crippen LogP) is 5.22. The van der Waals surface area contributed by atoms with Crippen molar-refractivity contribution in [2.24, 2.45) is 0 Å². The second-order valence-corrected chi connectivity index (χ2v) is 7.83. The Morgan fingerprint density at radius 3 is 2.62 bits per heavy atom. The summed E-state index contributed by atoms with van der Waals surface area (Å²) in [5.41, 5.74) is 0.706. The fourth-order valence-corrected chi connectivity index (χ4v) is 4.41. The molecule has 1 aliphatic rings. The minimum absolute atomic E-state index is 0.0600. The average molecular weight is 375 g/mol. The molecule has 26 heavy (non-hydrogen) atoms. The fourth-order valence-electron chi connectivity index (χ4n) is 3.39. The number of hydrogen-bond donors (Lipinski definition) is 1. The van der Waals surface area contributed by atoms with Crippen molar-refractivity contribution in [3.63, 3.8) is 0 Å². The molecule has 0 saturated carbocycles. The van der Waals surface area contributed by atoms with E-state index in [9.17, 15) is 4.79 Å². The highest BCUT2D eigenvalue weighted by molar-refractivity contribution is 7.12. The van der Waals surface area contributed by atoms with Gasteiger partial charge in [-0.2, -0.15) is 0 Å². The van der Waals surface area contributed by atoms with Crippen LogP contribution in [0.5, 0.6) is 11.5 Å². The zero-order chi connectivity index (χ0) is 18.5. The Labute approximate surface area is 158 Å². The highest BCUT2D eigenvalue weighted by Gasteiger charge is 2.28. The van der Waals surface area contributed by atoms with Gasteiger partial charge in [0.05, 0.1) is 20.3 Å². The van der Waals surface area contributed by atoms with Gasteiger partial charge >= 0.3 is 6.03 Å². The molecule has 6 heteroatoms. The van der Waals surface area contributed by atoms with Crippen LogP contribution in [0.1, 0.15) is 41.5 Å². The van der Waals surface area contributed by atoms with Crippen molar-refractivity contribution >= 4 is 23.1 Å². The molecule has 0 aliphatic carbocycles. The number of urea groups is 1. The molecule has 0 radical (unpaired) electrons. The number of ether oxygens (including phenoxy) is 2. The van der Waals surface area contributed by atoms with Crippen molar-refractivity contribution in [2.45, 2.75) is 38.6 Å². The van der Waals surface area contributed by atoms with Gasteiger partial charge in [-0.3, -0.25) is 0 Å². The van der Waals surface area contributed by atoms with Crippen LogP contribution < -0.4 is 14.8 Å². The Kier molecular flexibility index (Phi) is 6.04. The maximum absolute atomic E-state index is 13.0. The first kappa shape index (κ1) is 18.6. The zero-order valence-corrected chi connectivity index (χ0v) is 16.4. The molecule has 3 rings (SSSR count). The summed E-state index contributed by atoms with van der Waals surface area (Å²) in [6.07, 6.45) is 4.38. The normalized spacial score (nSPS) is 17.5. The van der Waals surface area contributed by atoms with Crippen molar-refractivity contribution in [1.82, 2.24) is 4.90 Å². The summed E-state index contributed by atoms with van der Waals surface area (Å²) >= 11 is 1.78. The Morgan fingerprint density at radius 2 is 1.92 bits per heavy atom. The summed E-state index contributed by atoms with van der Waals surface area (Å²) in [5.74, 6) is 1.25. The SMILES string of the molecule is COc1ccc(NC(=O)N2CCCCCC2c2ccc(C)s2)cc1OC. The Hall–Kier alpha value is -2.21. The maximum Gasteiger partial charge on any atom is 0.322 e. The van der Waals surface area contributed by atoms with E-state index < -0.39 is 0 Å². The van der Waals surface area contributed by atoms with Gasteiger partial charge in [0, 0.05) is 28.1 Å². The Morgan fingerprint density at radius 1 is 1.12 bits per heavy atom.